The van der Waals surface area contributed by atoms with Gasteiger partial charge in [-0.15, -0.1) is 0 Å². The standard InChI is InChI=1S/C10H13FN2O3S/c11-9-4-2-1-3-8(9)7-10(14)13-5-6-17(12,15)16/h1-4H,5-7H2,(H,13,14)(H2,12,15,16). The minimum absolute atomic E-state index is 0.0773. The monoisotopic (exact) mass is 260 g/mol. The van der Waals surface area contributed by atoms with E-state index in [1.807, 2.05) is 0 Å². The van der Waals surface area contributed by atoms with Crippen LogP contribution in [0.5, 0.6) is 0 Å². The van der Waals surface area contributed by atoms with Crippen molar-refractivity contribution in [3.05, 3.63) is 35.6 Å². The second kappa shape index (κ2) is 5.74. The molecular formula is C10H13FN2O3S. The number of carbonyl (C=O) groups excluding carboxylic acids is 1. The van der Waals surface area contributed by atoms with E-state index in [-0.39, 0.29) is 24.3 Å². The highest BCUT2D eigenvalue weighted by Crippen LogP contribution is 2.06. The predicted octanol–water partition coefficient (Wildman–Crippen LogP) is -0.227. The molecule has 1 amide bonds. The number of primary sulfonamides is 1. The van der Waals surface area contributed by atoms with E-state index in [4.69, 9.17) is 5.14 Å². The smallest absolute Gasteiger partial charge is 0.224 e. The summed E-state index contributed by atoms with van der Waals surface area (Å²) in [6.45, 7) is -0.0773. The summed E-state index contributed by atoms with van der Waals surface area (Å²) in [7, 11) is -3.59. The van der Waals surface area contributed by atoms with Crippen LogP contribution in [0.25, 0.3) is 0 Å². The molecule has 0 radical (unpaired) electrons. The first-order valence-electron chi connectivity index (χ1n) is 4.89. The molecule has 0 aliphatic carbocycles. The number of carbonyl (C=O) groups is 1. The molecule has 0 fully saturated rings. The van der Waals surface area contributed by atoms with Crippen molar-refractivity contribution in [2.75, 3.05) is 12.3 Å². The molecule has 0 saturated carbocycles. The molecule has 0 aliphatic heterocycles. The summed E-state index contributed by atoms with van der Waals surface area (Å²) in [4.78, 5) is 11.3. The van der Waals surface area contributed by atoms with E-state index in [2.05, 4.69) is 5.32 Å². The van der Waals surface area contributed by atoms with Crippen molar-refractivity contribution in [3.63, 3.8) is 0 Å². The van der Waals surface area contributed by atoms with Gasteiger partial charge in [0, 0.05) is 6.54 Å². The highest BCUT2D eigenvalue weighted by molar-refractivity contribution is 7.89. The average molecular weight is 260 g/mol. The van der Waals surface area contributed by atoms with Crippen molar-refractivity contribution in [1.82, 2.24) is 5.32 Å². The maximum Gasteiger partial charge on any atom is 0.224 e. The van der Waals surface area contributed by atoms with Gasteiger partial charge >= 0.3 is 0 Å². The Morgan fingerprint density at radius 2 is 2.00 bits per heavy atom. The molecule has 0 atom stereocenters. The van der Waals surface area contributed by atoms with Crippen LogP contribution in [-0.4, -0.2) is 26.6 Å². The minimum atomic E-state index is -3.59. The minimum Gasteiger partial charge on any atom is -0.355 e. The number of nitrogens with two attached hydrogens (primary N) is 1. The van der Waals surface area contributed by atoms with Crippen LogP contribution in [0.15, 0.2) is 24.3 Å². The van der Waals surface area contributed by atoms with Gasteiger partial charge in [0.15, 0.2) is 0 Å². The molecule has 0 aliphatic rings. The topological polar surface area (TPSA) is 89.3 Å². The molecule has 0 heterocycles. The maximum atomic E-state index is 13.2. The van der Waals surface area contributed by atoms with Crippen molar-refractivity contribution in [3.8, 4) is 0 Å². The molecule has 0 spiro atoms. The summed E-state index contributed by atoms with van der Waals surface area (Å²) in [5.74, 6) is -1.25. The van der Waals surface area contributed by atoms with Gasteiger partial charge in [-0.1, -0.05) is 18.2 Å². The van der Waals surface area contributed by atoms with Crippen molar-refractivity contribution in [1.29, 1.82) is 0 Å². The summed E-state index contributed by atoms with van der Waals surface area (Å²) < 4.78 is 34.3. The van der Waals surface area contributed by atoms with Gasteiger partial charge in [-0.25, -0.2) is 17.9 Å². The lowest BCUT2D eigenvalue weighted by atomic mass is 10.1. The number of amides is 1. The Kier molecular flexibility index (Phi) is 4.59. The first-order chi connectivity index (χ1) is 7.88. The lowest BCUT2D eigenvalue weighted by molar-refractivity contribution is -0.120. The van der Waals surface area contributed by atoms with Crippen LogP contribution in [-0.2, 0) is 21.2 Å². The second-order valence-electron chi connectivity index (χ2n) is 3.49. The van der Waals surface area contributed by atoms with E-state index in [1.54, 1.807) is 6.07 Å². The van der Waals surface area contributed by atoms with E-state index in [0.29, 0.717) is 0 Å². The SMILES string of the molecule is NS(=O)(=O)CCNC(=O)Cc1ccccc1F. The van der Waals surface area contributed by atoms with Gasteiger partial charge in [-0.2, -0.15) is 0 Å². The summed E-state index contributed by atoms with van der Waals surface area (Å²) in [5.41, 5.74) is 0.264. The van der Waals surface area contributed by atoms with Crippen molar-refractivity contribution < 1.29 is 17.6 Å². The molecule has 1 aromatic carbocycles. The number of hydrogen-bond acceptors (Lipinski definition) is 3. The van der Waals surface area contributed by atoms with E-state index in [1.165, 1.54) is 18.2 Å². The molecule has 0 saturated heterocycles. The molecule has 7 heteroatoms. The van der Waals surface area contributed by atoms with Crippen LogP contribution in [0.1, 0.15) is 5.56 Å². The van der Waals surface area contributed by atoms with E-state index < -0.39 is 21.7 Å². The zero-order valence-electron chi connectivity index (χ0n) is 9.02. The summed E-state index contributed by atoms with van der Waals surface area (Å²) in [6.07, 6.45) is -0.128. The van der Waals surface area contributed by atoms with Crippen molar-refractivity contribution in [2.24, 2.45) is 5.14 Å². The van der Waals surface area contributed by atoms with Gasteiger partial charge in [0.25, 0.3) is 0 Å². The predicted molar refractivity (Wildman–Crippen MR) is 61.1 cm³/mol. The number of nitrogens with one attached hydrogen (secondary N) is 1. The van der Waals surface area contributed by atoms with Gasteiger partial charge in [-0.05, 0) is 11.6 Å². The zero-order valence-corrected chi connectivity index (χ0v) is 9.84. The Labute approximate surface area is 98.9 Å². The Balaban J connectivity index is 2.43. The molecule has 94 valence electrons. The molecular weight excluding hydrogens is 247 g/mol. The van der Waals surface area contributed by atoms with Gasteiger partial charge in [-0.3, -0.25) is 4.79 Å². The number of sulfonamides is 1. The molecule has 0 aromatic heterocycles. The second-order valence-corrected chi connectivity index (χ2v) is 5.22. The Morgan fingerprint density at radius 1 is 1.35 bits per heavy atom. The highest BCUT2D eigenvalue weighted by Gasteiger charge is 2.08. The summed E-state index contributed by atoms with van der Waals surface area (Å²) >= 11 is 0. The summed E-state index contributed by atoms with van der Waals surface area (Å²) in [6, 6.07) is 5.90. The lowest BCUT2D eigenvalue weighted by Gasteiger charge is -2.05. The molecule has 1 rings (SSSR count). The van der Waals surface area contributed by atoms with E-state index >= 15 is 0 Å². The quantitative estimate of drug-likeness (QED) is 0.766. The van der Waals surface area contributed by atoms with Gasteiger partial charge in [0.1, 0.15) is 5.82 Å². The Morgan fingerprint density at radius 3 is 2.59 bits per heavy atom. The van der Waals surface area contributed by atoms with Gasteiger partial charge in [0.2, 0.25) is 15.9 Å². The van der Waals surface area contributed by atoms with Crippen LogP contribution >= 0.6 is 0 Å². The van der Waals surface area contributed by atoms with Crippen LogP contribution < -0.4 is 10.5 Å². The Hall–Kier alpha value is -1.47. The lowest BCUT2D eigenvalue weighted by Crippen LogP contribution is -2.32. The molecule has 0 bridgehead atoms. The number of halogens is 1. The fourth-order valence-electron chi connectivity index (χ4n) is 1.21. The third-order valence-corrected chi connectivity index (χ3v) is 2.79. The molecule has 1 aromatic rings. The van der Waals surface area contributed by atoms with Crippen LogP contribution in [0, 0.1) is 5.82 Å². The average Bonchev–Trinajstić information content (AvgIpc) is 2.19. The third kappa shape index (κ3) is 5.41. The Bertz CT molecular complexity index is 502. The molecule has 0 unspecified atom stereocenters. The third-order valence-electron chi connectivity index (χ3n) is 2.02. The number of hydrogen-bond donors (Lipinski definition) is 2. The van der Waals surface area contributed by atoms with Crippen LogP contribution in [0.2, 0.25) is 0 Å². The first-order valence-corrected chi connectivity index (χ1v) is 6.60. The number of benzene rings is 1. The van der Waals surface area contributed by atoms with Gasteiger partial charge in [0.05, 0.1) is 12.2 Å². The number of rotatable bonds is 5. The normalized spacial score (nSPS) is 11.2. The summed E-state index contributed by atoms with van der Waals surface area (Å²) in [5, 5.41) is 7.11. The van der Waals surface area contributed by atoms with Gasteiger partial charge < -0.3 is 5.32 Å². The zero-order chi connectivity index (χ0) is 12.9. The highest BCUT2D eigenvalue weighted by atomic mass is 32.2. The molecule has 5 nitrogen and oxygen atoms in total. The van der Waals surface area contributed by atoms with Crippen molar-refractivity contribution in [2.45, 2.75) is 6.42 Å². The van der Waals surface area contributed by atoms with E-state index in [9.17, 15) is 17.6 Å². The largest absolute Gasteiger partial charge is 0.355 e. The first kappa shape index (κ1) is 13.6. The van der Waals surface area contributed by atoms with Crippen LogP contribution in [0.4, 0.5) is 4.39 Å². The fraction of sp³-hybridized carbons (Fsp3) is 0.300. The van der Waals surface area contributed by atoms with Crippen molar-refractivity contribution >= 4 is 15.9 Å². The molecule has 3 N–H and O–H groups in total. The van der Waals surface area contributed by atoms with Crippen LogP contribution in [0.3, 0.4) is 0 Å². The van der Waals surface area contributed by atoms with E-state index in [0.717, 1.165) is 0 Å². The fourth-order valence-corrected chi connectivity index (χ4v) is 1.60. The molecule has 17 heavy (non-hydrogen) atoms. The maximum absolute atomic E-state index is 13.2.